The van der Waals surface area contributed by atoms with Crippen molar-refractivity contribution in [2.75, 3.05) is 0 Å². The van der Waals surface area contributed by atoms with Crippen LogP contribution in [0.25, 0.3) is 0 Å². The molecule has 0 saturated heterocycles. The zero-order chi connectivity index (χ0) is 10.8. The van der Waals surface area contributed by atoms with Crippen LogP contribution in [0.15, 0.2) is 24.3 Å². The molecule has 0 aliphatic rings. The molecule has 14 heavy (non-hydrogen) atoms. The topological polar surface area (TPSA) is 26.3 Å². The van der Waals surface area contributed by atoms with Gasteiger partial charge >= 0.3 is 5.97 Å². The van der Waals surface area contributed by atoms with Crippen molar-refractivity contribution in [1.29, 1.82) is 0 Å². The Bertz CT molecular complexity index is 327. The highest BCUT2D eigenvalue weighted by Gasteiger charge is 2.20. The van der Waals surface area contributed by atoms with Gasteiger partial charge in [0.05, 0.1) is 5.56 Å². The van der Waals surface area contributed by atoms with E-state index in [-0.39, 0.29) is 5.97 Å². The van der Waals surface area contributed by atoms with Gasteiger partial charge in [-0.3, -0.25) is 0 Å². The number of rotatable bonds is 2. The predicted molar refractivity (Wildman–Crippen MR) is 60.2 cm³/mol. The van der Waals surface area contributed by atoms with E-state index >= 15 is 0 Å². The molecule has 2 nitrogen and oxygen atoms in total. The second-order valence-electron chi connectivity index (χ2n) is 4.01. The first-order chi connectivity index (χ1) is 6.38. The standard InChI is InChI=1S/C10H13ClO2Si/c1-14(2,3)13-10(12)8-4-6-9(11)7-5-8/h4-7H,1-3H3. The average Bonchev–Trinajstić information content (AvgIpc) is 2.02. The third-order valence-corrected chi connectivity index (χ3v) is 2.53. The Morgan fingerprint density at radius 3 is 2.14 bits per heavy atom. The van der Waals surface area contributed by atoms with Crippen molar-refractivity contribution < 1.29 is 9.22 Å². The maximum absolute atomic E-state index is 11.5. The molecule has 0 aromatic heterocycles. The predicted octanol–water partition coefficient (Wildman–Crippen LogP) is 3.33. The summed E-state index contributed by atoms with van der Waals surface area (Å²) in [5.41, 5.74) is 0.553. The second-order valence-corrected chi connectivity index (χ2v) is 8.87. The number of halogens is 1. The minimum atomic E-state index is -1.80. The lowest BCUT2D eigenvalue weighted by atomic mass is 10.2. The third kappa shape index (κ3) is 3.52. The number of carbonyl (C=O) groups excluding carboxylic acids is 1. The number of hydrogen-bond donors (Lipinski definition) is 0. The summed E-state index contributed by atoms with van der Waals surface area (Å²) in [4.78, 5) is 11.5. The van der Waals surface area contributed by atoms with Gasteiger partial charge in [-0.05, 0) is 43.9 Å². The molecule has 0 aliphatic heterocycles. The maximum atomic E-state index is 11.5. The molecule has 1 rings (SSSR count). The van der Waals surface area contributed by atoms with Crippen LogP contribution in [-0.2, 0) is 4.43 Å². The van der Waals surface area contributed by atoms with Crippen LogP contribution in [0.3, 0.4) is 0 Å². The van der Waals surface area contributed by atoms with E-state index in [2.05, 4.69) is 0 Å². The van der Waals surface area contributed by atoms with Gasteiger partial charge in [-0.1, -0.05) is 11.6 Å². The minimum absolute atomic E-state index is 0.263. The monoisotopic (exact) mass is 228 g/mol. The van der Waals surface area contributed by atoms with E-state index in [1.165, 1.54) is 0 Å². The van der Waals surface area contributed by atoms with E-state index in [1.807, 2.05) is 19.6 Å². The van der Waals surface area contributed by atoms with Crippen molar-refractivity contribution in [1.82, 2.24) is 0 Å². The fourth-order valence-corrected chi connectivity index (χ4v) is 1.72. The molecule has 4 heteroatoms. The highest BCUT2D eigenvalue weighted by molar-refractivity contribution is 6.71. The Balaban J connectivity index is 2.76. The summed E-state index contributed by atoms with van der Waals surface area (Å²) < 4.78 is 5.32. The van der Waals surface area contributed by atoms with Crippen molar-refractivity contribution in [3.05, 3.63) is 34.9 Å². The number of hydrogen-bond acceptors (Lipinski definition) is 2. The van der Waals surface area contributed by atoms with E-state index in [9.17, 15) is 4.79 Å². The molecular weight excluding hydrogens is 216 g/mol. The summed E-state index contributed by atoms with van der Waals surface area (Å²) in [6, 6.07) is 6.71. The van der Waals surface area contributed by atoms with Crippen LogP contribution < -0.4 is 0 Å². The van der Waals surface area contributed by atoms with Crippen LogP contribution in [0.2, 0.25) is 24.7 Å². The van der Waals surface area contributed by atoms with Crippen LogP contribution in [0, 0.1) is 0 Å². The first kappa shape index (κ1) is 11.3. The van der Waals surface area contributed by atoms with E-state index in [4.69, 9.17) is 16.0 Å². The van der Waals surface area contributed by atoms with Gasteiger partial charge in [0.1, 0.15) is 0 Å². The quantitative estimate of drug-likeness (QED) is 0.726. The zero-order valence-electron chi connectivity index (χ0n) is 8.50. The fraction of sp³-hybridized carbons (Fsp3) is 0.300. The SMILES string of the molecule is C[Si](C)(C)OC(=O)c1ccc(Cl)cc1. The second kappa shape index (κ2) is 4.15. The molecule has 0 atom stereocenters. The van der Waals surface area contributed by atoms with Gasteiger partial charge in [-0.2, -0.15) is 0 Å². The number of carbonyl (C=O) groups is 1. The summed E-state index contributed by atoms with van der Waals surface area (Å²) in [6.45, 7) is 5.92. The van der Waals surface area contributed by atoms with Crippen LogP contribution in [0.4, 0.5) is 0 Å². The van der Waals surface area contributed by atoms with Crippen LogP contribution in [0.5, 0.6) is 0 Å². The summed E-state index contributed by atoms with van der Waals surface area (Å²) in [6.07, 6.45) is 0. The minimum Gasteiger partial charge on any atom is -0.516 e. The molecule has 0 saturated carbocycles. The van der Waals surface area contributed by atoms with Gasteiger partial charge in [0.15, 0.2) is 0 Å². The molecular formula is C10H13ClO2Si. The van der Waals surface area contributed by atoms with Gasteiger partial charge in [-0.15, -0.1) is 0 Å². The van der Waals surface area contributed by atoms with Gasteiger partial charge < -0.3 is 4.43 Å². The summed E-state index contributed by atoms with van der Waals surface area (Å²) >= 11 is 5.71. The summed E-state index contributed by atoms with van der Waals surface area (Å²) in [7, 11) is -1.80. The molecule has 0 amide bonds. The van der Waals surface area contributed by atoms with Crippen molar-refractivity contribution in [2.45, 2.75) is 19.6 Å². The molecule has 0 fully saturated rings. The Morgan fingerprint density at radius 2 is 1.71 bits per heavy atom. The Labute approximate surface area is 90.0 Å². The van der Waals surface area contributed by atoms with E-state index in [0.717, 1.165) is 0 Å². The van der Waals surface area contributed by atoms with Crippen LogP contribution in [0.1, 0.15) is 10.4 Å². The van der Waals surface area contributed by atoms with Gasteiger partial charge in [0, 0.05) is 5.02 Å². The van der Waals surface area contributed by atoms with Crippen molar-refractivity contribution >= 4 is 25.9 Å². The largest absolute Gasteiger partial charge is 0.516 e. The third-order valence-electron chi connectivity index (χ3n) is 1.48. The molecule has 0 N–H and O–H groups in total. The Kier molecular flexibility index (Phi) is 3.34. The molecule has 0 heterocycles. The van der Waals surface area contributed by atoms with Gasteiger partial charge in [0.2, 0.25) is 8.32 Å². The molecule has 0 bridgehead atoms. The lowest BCUT2D eigenvalue weighted by Gasteiger charge is -2.17. The molecule has 1 aromatic carbocycles. The van der Waals surface area contributed by atoms with E-state index in [0.29, 0.717) is 10.6 Å². The highest BCUT2D eigenvalue weighted by Crippen LogP contribution is 2.13. The number of benzene rings is 1. The smallest absolute Gasteiger partial charge is 0.324 e. The van der Waals surface area contributed by atoms with Crippen LogP contribution in [-0.4, -0.2) is 14.3 Å². The van der Waals surface area contributed by atoms with Crippen LogP contribution >= 0.6 is 11.6 Å². The Hall–Kier alpha value is -0.803. The van der Waals surface area contributed by atoms with Crippen molar-refractivity contribution in [2.24, 2.45) is 0 Å². The highest BCUT2D eigenvalue weighted by atomic mass is 35.5. The summed E-state index contributed by atoms with van der Waals surface area (Å²) in [5.74, 6) is -0.263. The Morgan fingerprint density at radius 1 is 1.21 bits per heavy atom. The zero-order valence-corrected chi connectivity index (χ0v) is 10.3. The van der Waals surface area contributed by atoms with Gasteiger partial charge in [0.25, 0.3) is 0 Å². The molecule has 0 radical (unpaired) electrons. The van der Waals surface area contributed by atoms with Crippen molar-refractivity contribution in [3.8, 4) is 0 Å². The maximum Gasteiger partial charge on any atom is 0.324 e. The van der Waals surface area contributed by atoms with E-state index in [1.54, 1.807) is 24.3 Å². The first-order valence-corrected chi connectivity index (χ1v) is 8.16. The molecule has 1 aromatic rings. The lowest BCUT2D eigenvalue weighted by Crippen LogP contribution is -2.29. The first-order valence-electron chi connectivity index (χ1n) is 4.37. The van der Waals surface area contributed by atoms with Gasteiger partial charge in [-0.25, -0.2) is 4.79 Å². The molecule has 0 unspecified atom stereocenters. The molecule has 76 valence electrons. The van der Waals surface area contributed by atoms with E-state index < -0.39 is 8.32 Å². The van der Waals surface area contributed by atoms with Crippen molar-refractivity contribution in [3.63, 3.8) is 0 Å². The summed E-state index contributed by atoms with van der Waals surface area (Å²) in [5, 5.41) is 0.620. The normalized spacial score (nSPS) is 11.1. The average molecular weight is 229 g/mol. The molecule has 0 spiro atoms. The molecule has 0 aliphatic carbocycles. The lowest BCUT2D eigenvalue weighted by molar-refractivity contribution is 0.0724. The fourth-order valence-electron chi connectivity index (χ4n) is 0.923.